The van der Waals surface area contributed by atoms with Gasteiger partial charge < -0.3 is 24.0 Å². The summed E-state index contributed by atoms with van der Waals surface area (Å²) in [6.07, 6.45) is 2.44. The number of pyridine rings is 1. The second kappa shape index (κ2) is 8.16. The molecule has 36 heavy (non-hydrogen) atoms. The van der Waals surface area contributed by atoms with E-state index >= 15 is 4.39 Å². The van der Waals surface area contributed by atoms with Crippen LogP contribution in [0.5, 0.6) is 0 Å². The second-order valence-electron chi connectivity index (χ2n) is 11.4. The maximum absolute atomic E-state index is 15.5. The number of ether oxygens (including phenoxy) is 1. The zero-order valence-electron chi connectivity index (χ0n) is 20.9. The Morgan fingerprint density at radius 3 is 2.64 bits per heavy atom. The molecule has 2 aromatic heterocycles. The fourth-order valence-corrected chi connectivity index (χ4v) is 6.25. The lowest BCUT2D eigenvalue weighted by Gasteiger charge is -2.43. The Morgan fingerprint density at radius 1 is 1.25 bits per heavy atom. The number of imidazole rings is 1. The standard InChI is InChI=1S/C25H29BrClFN6O2/c1-25(2,3)36-24(35)33-8-12-6-16(33)21(12)34-11-29-20-22(34)14-7-15(27)17(26)18(28)19(14)30-23(20)32-9-13(10-32)31(4)5/h7,11-13,16,21H,6,8-10H2,1-5H3. The maximum atomic E-state index is 15.5. The van der Waals surface area contributed by atoms with Crippen molar-refractivity contribution in [1.82, 2.24) is 24.3 Å². The third kappa shape index (κ3) is 3.59. The highest BCUT2D eigenvalue weighted by molar-refractivity contribution is 9.10. The lowest BCUT2D eigenvalue weighted by Crippen LogP contribution is -2.57. The van der Waals surface area contributed by atoms with Crippen molar-refractivity contribution in [1.29, 1.82) is 0 Å². The van der Waals surface area contributed by atoms with E-state index in [1.165, 1.54) is 0 Å². The van der Waals surface area contributed by atoms with Gasteiger partial charge in [-0.25, -0.2) is 19.2 Å². The molecule has 1 saturated carbocycles. The molecule has 3 unspecified atom stereocenters. The van der Waals surface area contributed by atoms with Crippen LogP contribution in [0, 0.1) is 11.7 Å². The number of amides is 1. The molecule has 3 saturated heterocycles. The van der Waals surface area contributed by atoms with Crippen molar-refractivity contribution in [3.8, 4) is 0 Å². The first-order chi connectivity index (χ1) is 16.9. The van der Waals surface area contributed by atoms with Crippen LogP contribution in [0.3, 0.4) is 0 Å². The minimum atomic E-state index is -0.554. The number of carbonyl (C=O) groups is 1. The number of halogens is 3. The van der Waals surface area contributed by atoms with Gasteiger partial charge >= 0.3 is 6.09 Å². The van der Waals surface area contributed by atoms with Gasteiger partial charge in [-0.15, -0.1) is 0 Å². The summed E-state index contributed by atoms with van der Waals surface area (Å²) in [7, 11) is 4.11. The molecular formula is C25H29BrClFN6O2. The molecule has 8 nitrogen and oxygen atoms in total. The molecule has 3 atom stereocenters. The van der Waals surface area contributed by atoms with Gasteiger partial charge in [0.15, 0.2) is 11.6 Å². The average molecular weight is 580 g/mol. The zero-order valence-corrected chi connectivity index (χ0v) is 23.3. The molecule has 7 rings (SSSR count). The molecule has 11 heteroatoms. The molecule has 0 spiro atoms. The lowest BCUT2D eigenvalue weighted by molar-refractivity contribution is 0.0210. The number of hydrogen-bond donors (Lipinski definition) is 0. The highest BCUT2D eigenvalue weighted by Gasteiger charge is 2.56. The smallest absolute Gasteiger partial charge is 0.410 e. The maximum Gasteiger partial charge on any atom is 0.410 e. The highest BCUT2D eigenvalue weighted by Crippen LogP contribution is 2.52. The molecule has 3 aromatic rings. The van der Waals surface area contributed by atoms with Gasteiger partial charge in [0.25, 0.3) is 0 Å². The van der Waals surface area contributed by atoms with Gasteiger partial charge in [0.05, 0.1) is 33.4 Å². The van der Waals surface area contributed by atoms with Crippen LogP contribution < -0.4 is 4.90 Å². The van der Waals surface area contributed by atoms with Crippen LogP contribution in [-0.2, 0) is 4.74 Å². The minimum absolute atomic E-state index is 0.00631. The van der Waals surface area contributed by atoms with Crippen molar-refractivity contribution < 1.29 is 13.9 Å². The van der Waals surface area contributed by atoms with Gasteiger partial charge in [0.1, 0.15) is 16.6 Å². The molecule has 0 radical (unpaired) electrons. The van der Waals surface area contributed by atoms with E-state index in [0.717, 1.165) is 30.5 Å². The molecule has 5 heterocycles. The highest BCUT2D eigenvalue weighted by atomic mass is 79.9. The number of anilines is 1. The third-order valence-corrected chi connectivity index (χ3v) is 9.01. The fraction of sp³-hybridized carbons (Fsp3) is 0.560. The summed E-state index contributed by atoms with van der Waals surface area (Å²) in [5.41, 5.74) is 1.25. The minimum Gasteiger partial charge on any atom is -0.444 e. The van der Waals surface area contributed by atoms with Crippen molar-refractivity contribution >= 4 is 61.4 Å². The van der Waals surface area contributed by atoms with Crippen LogP contribution in [0.2, 0.25) is 5.02 Å². The van der Waals surface area contributed by atoms with E-state index in [1.54, 1.807) is 6.07 Å². The predicted molar refractivity (Wildman–Crippen MR) is 141 cm³/mol. The quantitative estimate of drug-likeness (QED) is 0.404. The summed E-state index contributed by atoms with van der Waals surface area (Å²) in [6.45, 7) is 7.85. The van der Waals surface area contributed by atoms with Crippen molar-refractivity contribution in [3.63, 3.8) is 0 Å². The first-order valence-corrected chi connectivity index (χ1v) is 13.4. The number of fused-ring (bicyclic) bond motifs is 4. The summed E-state index contributed by atoms with van der Waals surface area (Å²) in [5.74, 6) is 0.479. The number of likely N-dealkylation sites (N-methyl/N-ethyl adjacent to an activating group) is 1. The van der Waals surface area contributed by atoms with Crippen molar-refractivity contribution in [2.75, 3.05) is 38.6 Å². The monoisotopic (exact) mass is 578 g/mol. The van der Waals surface area contributed by atoms with Crippen LogP contribution in [-0.4, -0.2) is 81.8 Å². The van der Waals surface area contributed by atoms with Crippen LogP contribution >= 0.6 is 27.5 Å². The molecule has 1 aliphatic carbocycles. The predicted octanol–water partition coefficient (Wildman–Crippen LogP) is 5.07. The summed E-state index contributed by atoms with van der Waals surface area (Å²) >= 11 is 9.68. The normalized spacial score (nSPS) is 24.1. The lowest BCUT2D eigenvalue weighted by atomic mass is 9.79. The molecule has 3 aliphatic heterocycles. The van der Waals surface area contributed by atoms with E-state index in [4.69, 9.17) is 26.3 Å². The largest absolute Gasteiger partial charge is 0.444 e. The molecular weight excluding hydrogens is 551 g/mol. The Bertz CT molecular complexity index is 1400. The SMILES string of the molecule is CN(C)C1CN(c2nc3c(F)c(Br)c(Cl)cc3c3c2ncn3C2C3CC2N(C(=O)OC(C)(C)C)C3)C1. The molecule has 2 bridgehead atoms. The summed E-state index contributed by atoms with van der Waals surface area (Å²) in [4.78, 5) is 28.6. The Morgan fingerprint density at radius 2 is 1.97 bits per heavy atom. The molecule has 4 fully saturated rings. The van der Waals surface area contributed by atoms with Crippen molar-refractivity contribution in [2.45, 2.75) is 50.9 Å². The van der Waals surface area contributed by atoms with Crippen LogP contribution in [0.4, 0.5) is 15.0 Å². The number of benzene rings is 1. The molecule has 0 N–H and O–H groups in total. The van der Waals surface area contributed by atoms with E-state index in [1.807, 2.05) is 32.0 Å². The Kier molecular flexibility index (Phi) is 5.48. The summed E-state index contributed by atoms with van der Waals surface area (Å²) in [5, 5.41) is 0.906. The first kappa shape index (κ1) is 24.2. The average Bonchev–Trinajstić information content (AvgIpc) is 3.44. The number of rotatable bonds is 3. The molecule has 192 valence electrons. The van der Waals surface area contributed by atoms with Gasteiger partial charge in [-0.1, -0.05) is 11.6 Å². The van der Waals surface area contributed by atoms with E-state index in [2.05, 4.69) is 44.4 Å². The van der Waals surface area contributed by atoms with Crippen LogP contribution in [0.25, 0.3) is 21.9 Å². The van der Waals surface area contributed by atoms with Gasteiger partial charge in [-0.2, -0.15) is 0 Å². The van der Waals surface area contributed by atoms with Gasteiger partial charge in [-0.3, -0.25) is 0 Å². The summed E-state index contributed by atoms with van der Waals surface area (Å²) in [6, 6.07) is 2.21. The van der Waals surface area contributed by atoms with Gasteiger partial charge in [-0.05, 0) is 63.3 Å². The van der Waals surface area contributed by atoms with E-state index in [9.17, 15) is 4.79 Å². The zero-order chi connectivity index (χ0) is 25.7. The van der Waals surface area contributed by atoms with E-state index in [0.29, 0.717) is 23.8 Å². The second-order valence-corrected chi connectivity index (χ2v) is 12.6. The number of nitrogens with zero attached hydrogens (tertiary/aromatic N) is 6. The van der Waals surface area contributed by atoms with E-state index in [-0.39, 0.29) is 39.1 Å². The third-order valence-electron chi connectivity index (χ3n) is 7.71. The van der Waals surface area contributed by atoms with Crippen molar-refractivity contribution in [2.24, 2.45) is 5.92 Å². The first-order valence-electron chi connectivity index (χ1n) is 12.2. The topological polar surface area (TPSA) is 66.7 Å². The van der Waals surface area contributed by atoms with Crippen LogP contribution in [0.1, 0.15) is 33.2 Å². The van der Waals surface area contributed by atoms with E-state index < -0.39 is 11.4 Å². The molecule has 1 amide bonds. The molecule has 1 aromatic carbocycles. The van der Waals surface area contributed by atoms with Crippen LogP contribution in [0.15, 0.2) is 16.9 Å². The number of aromatic nitrogens is 3. The number of hydrogen-bond acceptors (Lipinski definition) is 6. The Balaban J connectivity index is 1.46. The molecule has 4 aliphatic rings. The van der Waals surface area contributed by atoms with Crippen molar-refractivity contribution in [3.05, 3.63) is 27.7 Å². The Hall–Kier alpha value is -2.17. The summed E-state index contributed by atoms with van der Waals surface area (Å²) < 4.78 is 23.4. The number of carbonyl (C=O) groups excluding carboxylic acids is 1. The van der Waals surface area contributed by atoms with Gasteiger partial charge in [0.2, 0.25) is 0 Å². The fourth-order valence-electron chi connectivity index (χ4n) is 5.76. The Labute approximate surface area is 222 Å². The van der Waals surface area contributed by atoms with Gasteiger partial charge in [0, 0.05) is 37.0 Å².